The van der Waals surface area contributed by atoms with Gasteiger partial charge in [0.1, 0.15) is 0 Å². The molecule has 0 bridgehead atoms. The summed E-state index contributed by atoms with van der Waals surface area (Å²) in [5.74, 6) is -3.09. The van der Waals surface area contributed by atoms with E-state index in [1.165, 1.54) is 24.5 Å². The Morgan fingerprint density at radius 1 is 1.09 bits per heavy atom. The molecule has 0 unspecified atom stereocenters. The summed E-state index contributed by atoms with van der Waals surface area (Å²) in [6, 6.07) is 11.7. The summed E-state index contributed by atoms with van der Waals surface area (Å²) in [5.41, 5.74) is -5.20. The van der Waals surface area contributed by atoms with Crippen molar-refractivity contribution in [3.05, 3.63) is 83.9 Å². The number of benzene rings is 1. The molecule has 4 aliphatic carbocycles. The summed E-state index contributed by atoms with van der Waals surface area (Å²) in [7, 11) is 0. The molecule has 3 saturated carbocycles. The van der Waals surface area contributed by atoms with E-state index in [0.717, 1.165) is 11.8 Å². The average Bonchev–Trinajstić information content (AvgIpc) is 3.61. The molecule has 3 fully saturated rings. The number of halogens is 1. The molecule has 4 aliphatic rings. The zero-order valence-corrected chi connectivity index (χ0v) is 27.0. The number of alkyl halides is 1. The van der Waals surface area contributed by atoms with E-state index in [0.29, 0.717) is 30.4 Å². The monoisotopic (exact) mass is 634 g/mol. The number of hydrogen-bond donors (Lipinski definition) is 1. The van der Waals surface area contributed by atoms with Gasteiger partial charge in [0, 0.05) is 28.2 Å². The molecule has 0 amide bonds. The molecule has 1 heterocycles. The minimum absolute atomic E-state index is 0.0841. The van der Waals surface area contributed by atoms with Crippen molar-refractivity contribution in [3.63, 3.8) is 0 Å². The second-order valence-corrected chi connectivity index (χ2v) is 15.7. The molecule has 45 heavy (non-hydrogen) atoms. The lowest BCUT2D eigenvalue weighted by atomic mass is 9.45. The Hall–Kier alpha value is -3.30. The number of hydrogen-bond acceptors (Lipinski definition) is 8. The summed E-state index contributed by atoms with van der Waals surface area (Å²) < 4.78 is 28.2. The van der Waals surface area contributed by atoms with Crippen LogP contribution in [-0.4, -0.2) is 49.9 Å². The third-order valence-electron chi connectivity index (χ3n) is 11.4. The molecule has 1 aromatic carbocycles. The molecule has 9 heteroatoms. The Labute approximate surface area is 266 Å². The molecule has 6 rings (SSSR count). The van der Waals surface area contributed by atoms with Crippen LogP contribution >= 0.6 is 11.8 Å². The van der Waals surface area contributed by atoms with Gasteiger partial charge in [-0.05, 0) is 76.7 Å². The van der Waals surface area contributed by atoms with E-state index < -0.39 is 61.8 Å². The molecule has 0 spiro atoms. The lowest BCUT2D eigenvalue weighted by Crippen LogP contribution is -2.69. The van der Waals surface area contributed by atoms with Crippen LogP contribution in [0.4, 0.5) is 4.39 Å². The summed E-state index contributed by atoms with van der Waals surface area (Å²) in [6.45, 7) is 8.71. The van der Waals surface area contributed by atoms with Gasteiger partial charge in [0.2, 0.25) is 10.9 Å². The molecule has 1 aromatic heterocycles. The lowest BCUT2D eigenvalue weighted by Gasteiger charge is -2.62. The van der Waals surface area contributed by atoms with Gasteiger partial charge in [0.05, 0.1) is 17.1 Å². The number of allylic oxidation sites excluding steroid dienone is 4. The lowest BCUT2D eigenvalue weighted by molar-refractivity contribution is -0.216. The third kappa shape index (κ3) is 4.40. The molecule has 238 valence electrons. The summed E-state index contributed by atoms with van der Waals surface area (Å²) in [6.07, 6.45) is 5.28. The van der Waals surface area contributed by atoms with Crippen LogP contribution in [0.2, 0.25) is 0 Å². The number of ketones is 2. The van der Waals surface area contributed by atoms with Crippen LogP contribution in [0.25, 0.3) is 0 Å². The zero-order chi connectivity index (χ0) is 32.6. The zero-order valence-electron chi connectivity index (χ0n) is 26.2. The maximum atomic E-state index is 17.8. The number of carbonyl (C=O) groups is 4. The van der Waals surface area contributed by atoms with E-state index in [-0.39, 0.29) is 23.7 Å². The number of thioether (sulfide) groups is 1. The van der Waals surface area contributed by atoms with Crippen LogP contribution in [0.5, 0.6) is 0 Å². The van der Waals surface area contributed by atoms with E-state index >= 15 is 4.39 Å². The first-order valence-electron chi connectivity index (χ1n) is 15.5. The van der Waals surface area contributed by atoms with Crippen LogP contribution < -0.4 is 0 Å². The number of aliphatic hydroxyl groups excluding tert-OH is 1. The van der Waals surface area contributed by atoms with Crippen LogP contribution in [-0.2, 0) is 14.3 Å². The van der Waals surface area contributed by atoms with E-state index in [1.54, 1.807) is 63.2 Å². The van der Waals surface area contributed by atoms with Crippen molar-refractivity contribution in [2.75, 3.05) is 0 Å². The molecule has 0 aliphatic heterocycles. The topological polar surface area (TPSA) is 111 Å². The van der Waals surface area contributed by atoms with Gasteiger partial charge >= 0.3 is 5.97 Å². The highest BCUT2D eigenvalue weighted by molar-refractivity contribution is 8.15. The maximum Gasteiger partial charge on any atom is 0.375 e. The number of furan rings is 1. The molecule has 2 aromatic rings. The Balaban J connectivity index is 1.44. The summed E-state index contributed by atoms with van der Waals surface area (Å²) in [5, 5.41) is 11.4. The highest BCUT2D eigenvalue weighted by Gasteiger charge is 2.77. The summed E-state index contributed by atoms with van der Waals surface area (Å²) >= 11 is 0.816. The molecular formula is C36H39FO7S. The van der Waals surface area contributed by atoms with Crippen LogP contribution in [0, 0.1) is 28.6 Å². The Morgan fingerprint density at radius 3 is 2.47 bits per heavy atom. The Morgan fingerprint density at radius 2 is 1.80 bits per heavy atom. The third-order valence-corrected chi connectivity index (χ3v) is 12.6. The molecule has 0 radical (unpaired) electrons. The second-order valence-electron chi connectivity index (χ2n) is 14.1. The van der Waals surface area contributed by atoms with Gasteiger partial charge in [-0.15, -0.1) is 0 Å². The molecule has 7 nitrogen and oxygen atoms in total. The molecule has 8 atom stereocenters. The fraction of sp³-hybridized carbons (Fsp3) is 0.500. The van der Waals surface area contributed by atoms with E-state index in [4.69, 9.17) is 9.15 Å². The van der Waals surface area contributed by atoms with Crippen molar-refractivity contribution in [1.82, 2.24) is 0 Å². The van der Waals surface area contributed by atoms with Crippen LogP contribution in [0.15, 0.2) is 76.9 Å². The number of rotatable bonds is 6. The van der Waals surface area contributed by atoms with E-state index in [2.05, 4.69) is 0 Å². The first-order valence-corrected chi connectivity index (χ1v) is 16.3. The molecular weight excluding hydrogens is 595 g/mol. The van der Waals surface area contributed by atoms with Crippen LogP contribution in [0.3, 0.4) is 0 Å². The van der Waals surface area contributed by atoms with Gasteiger partial charge < -0.3 is 14.3 Å². The highest BCUT2D eigenvalue weighted by Crippen LogP contribution is 2.72. The minimum atomic E-state index is -2.11. The Kier molecular flexibility index (Phi) is 7.48. The number of Topliss-reactive ketones (excluding diaryl/α,β-unsaturated/α-hetero) is 1. The first-order chi connectivity index (χ1) is 21.1. The van der Waals surface area contributed by atoms with Crippen molar-refractivity contribution in [3.8, 4) is 0 Å². The number of fused-ring (bicyclic) bond motifs is 5. The van der Waals surface area contributed by atoms with Gasteiger partial charge in [-0.1, -0.05) is 67.6 Å². The van der Waals surface area contributed by atoms with Gasteiger partial charge in [-0.2, -0.15) is 0 Å². The smallest absolute Gasteiger partial charge is 0.375 e. The predicted molar refractivity (Wildman–Crippen MR) is 167 cm³/mol. The van der Waals surface area contributed by atoms with Gasteiger partial charge in [0.15, 0.2) is 22.8 Å². The maximum absolute atomic E-state index is 17.8. The number of esters is 1. The Bertz CT molecular complexity index is 1610. The highest BCUT2D eigenvalue weighted by atomic mass is 32.2. The first kappa shape index (κ1) is 31.7. The second kappa shape index (κ2) is 10.6. The van der Waals surface area contributed by atoms with Crippen molar-refractivity contribution in [1.29, 1.82) is 0 Å². The standard InChI is InChI=1S/C36H39FO7S/c1-21-18-26-25-14-13-23-19-24(38)15-16-33(23,4)35(25,37)28(39)20-34(26,5)36(21,44-30(41)27-12-9-17-43-27)31(42)45-32(2,3)29(40)22-10-7-6-8-11-22/h6-12,15-17,19,21,25-26,28,39H,13-14,18,20H2,1-5H3/t21-,25+,26+,28+,33+,34+,35+,36+/m1/s1. The van der Waals surface area contributed by atoms with Gasteiger partial charge in [-0.25, -0.2) is 9.18 Å². The fourth-order valence-corrected chi connectivity index (χ4v) is 10.4. The fourth-order valence-electron chi connectivity index (χ4n) is 9.11. The van der Waals surface area contributed by atoms with Crippen LogP contribution in [0.1, 0.15) is 81.2 Å². The average molecular weight is 635 g/mol. The van der Waals surface area contributed by atoms with E-state index in [1.807, 2.05) is 13.8 Å². The largest absolute Gasteiger partial charge is 0.457 e. The van der Waals surface area contributed by atoms with Crippen molar-refractivity contribution in [2.24, 2.45) is 28.6 Å². The van der Waals surface area contributed by atoms with E-state index in [9.17, 15) is 24.3 Å². The van der Waals surface area contributed by atoms with Crippen molar-refractivity contribution >= 4 is 34.4 Å². The number of carbonyl (C=O) groups excluding carboxylic acids is 4. The molecule has 1 N–H and O–H groups in total. The quantitative estimate of drug-likeness (QED) is 0.276. The van der Waals surface area contributed by atoms with Crippen molar-refractivity contribution in [2.45, 2.75) is 82.4 Å². The predicted octanol–water partition coefficient (Wildman–Crippen LogP) is 6.71. The normalized spacial score (nSPS) is 37.2. The molecule has 0 saturated heterocycles. The SMILES string of the molecule is C[C@@H]1C[C@H]2[C@@H]3CCC4=CC(=O)C=C[C@]4(C)[C@@]3(F)[C@@H](O)C[C@]2(C)[C@@]1(OC(=O)c1ccco1)C(=O)SC(C)(C)C(=O)c1ccccc1. The number of aliphatic hydroxyl groups is 1. The van der Waals surface area contributed by atoms with Gasteiger partial charge in [0.25, 0.3) is 0 Å². The minimum Gasteiger partial charge on any atom is -0.457 e. The number of ether oxygens (including phenoxy) is 1. The summed E-state index contributed by atoms with van der Waals surface area (Å²) in [4.78, 5) is 54.3. The van der Waals surface area contributed by atoms with Crippen molar-refractivity contribution < 1.29 is 37.8 Å². The van der Waals surface area contributed by atoms with Gasteiger partial charge in [-0.3, -0.25) is 14.4 Å².